The summed E-state index contributed by atoms with van der Waals surface area (Å²) in [4.78, 5) is 0.367. The van der Waals surface area contributed by atoms with Gasteiger partial charge >= 0.3 is 7.49 Å². The Kier molecular flexibility index (Phi) is 3.92. The van der Waals surface area contributed by atoms with Gasteiger partial charge in [-0.05, 0) is 21.3 Å². The molecule has 5 rings (SSSR count). The molecule has 0 aromatic heterocycles. The van der Waals surface area contributed by atoms with Crippen molar-refractivity contribution in [1.29, 1.82) is 0 Å². The molecule has 26 heavy (non-hydrogen) atoms. The van der Waals surface area contributed by atoms with Crippen molar-refractivity contribution < 1.29 is 4.57 Å². The highest BCUT2D eigenvalue weighted by Crippen LogP contribution is 3.38. The first-order chi connectivity index (χ1) is 11.4. The standard InChI is InChI=1S/C20H36OP5/c1-14(2,3)13-22-18(15(4,5)6)19(16(7,8)9)23(13)20(17(10,11)12)24(18)26(20)25(19)21/h1-12H3/q+1/t18-,19?,20-,23?,24?,26?/m1/s1. The van der Waals surface area contributed by atoms with E-state index in [1.807, 2.05) is 5.03 Å². The zero-order chi connectivity index (χ0) is 20.1. The quantitative estimate of drug-likeness (QED) is 0.338. The van der Waals surface area contributed by atoms with Gasteiger partial charge in [-0.25, -0.2) is 0 Å². The first-order valence-corrected chi connectivity index (χ1v) is 17.4. The van der Waals surface area contributed by atoms with Crippen molar-refractivity contribution in [2.45, 2.75) is 97.5 Å². The van der Waals surface area contributed by atoms with Gasteiger partial charge in [-0.15, -0.1) is 0 Å². The highest BCUT2D eigenvalue weighted by Gasteiger charge is 3.12. The summed E-state index contributed by atoms with van der Waals surface area (Å²) in [6.45, 7) is 29.5. The Labute approximate surface area is 167 Å². The molecular formula is C20H36OP5+. The maximum atomic E-state index is 14.4. The normalized spacial score (nSPS) is 48.8. The van der Waals surface area contributed by atoms with Crippen molar-refractivity contribution in [2.75, 3.05) is 0 Å². The SMILES string of the molecule is CC(C)(C)C1=P[C@]2(C(C)(C)C)P3P4[P+](=O)C2(C(C)(C)C)P1[C@@]43C(C)(C)C. The summed E-state index contributed by atoms with van der Waals surface area (Å²) in [6, 6.07) is 0. The minimum absolute atomic E-state index is 0.0811. The summed E-state index contributed by atoms with van der Waals surface area (Å²) in [6.07, 6.45) is 0. The molecule has 6 bridgehead atoms. The molecule has 5 aliphatic heterocycles. The summed E-state index contributed by atoms with van der Waals surface area (Å²) in [7, 11) is -0.135. The molecule has 6 heteroatoms. The fraction of sp³-hybridized carbons (Fsp3) is 0.950. The largest absolute Gasteiger partial charge is 0.374 e. The molecule has 0 N–H and O–H groups in total. The summed E-state index contributed by atoms with van der Waals surface area (Å²) in [5, 5.41) is 1.82. The molecule has 5 aliphatic rings. The van der Waals surface area contributed by atoms with Crippen LogP contribution in [0, 0.1) is 21.7 Å². The van der Waals surface area contributed by atoms with Gasteiger partial charge in [0.1, 0.15) is 9.54 Å². The fourth-order valence-corrected chi connectivity index (χ4v) is 56.1. The molecule has 0 saturated carbocycles. The van der Waals surface area contributed by atoms with Gasteiger partial charge in [-0.1, -0.05) is 95.9 Å². The average Bonchev–Trinajstić information content (AvgIpc) is 2.62. The predicted molar refractivity (Wildman–Crippen MR) is 126 cm³/mol. The summed E-state index contributed by atoms with van der Waals surface area (Å²) in [5.74, 6) is 0. The van der Waals surface area contributed by atoms with Gasteiger partial charge in [0.2, 0.25) is 12.2 Å². The maximum Gasteiger partial charge on any atom is 0.374 e. The van der Waals surface area contributed by atoms with Crippen LogP contribution in [-0.2, 0) is 4.57 Å². The van der Waals surface area contributed by atoms with Gasteiger partial charge in [-0.2, -0.15) is 0 Å². The molecule has 0 spiro atoms. The van der Waals surface area contributed by atoms with Crippen molar-refractivity contribution >= 4 is 43.6 Å². The Hall–Kier alpha value is 1.56. The van der Waals surface area contributed by atoms with Crippen LogP contribution < -0.4 is 0 Å². The topological polar surface area (TPSA) is 17.1 Å². The Morgan fingerprint density at radius 1 is 0.808 bits per heavy atom. The second kappa shape index (κ2) is 4.89. The van der Waals surface area contributed by atoms with E-state index in [0.29, 0.717) is 10.1 Å². The van der Waals surface area contributed by atoms with E-state index in [1.54, 1.807) is 8.20 Å². The molecule has 5 heterocycles. The lowest BCUT2D eigenvalue weighted by molar-refractivity contribution is 0.248. The van der Waals surface area contributed by atoms with E-state index < -0.39 is 7.49 Å². The molecule has 0 aromatic carbocycles. The van der Waals surface area contributed by atoms with E-state index in [4.69, 9.17) is 0 Å². The molecule has 1 nitrogen and oxygen atoms in total. The third-order valence-corrected chi connectivity index (χ3v) is 38.3. The summed E-state index contributed by atoms with van der Waals surface area (Å²) >= 11 is 0. The minimum atomic E-state index is -1.08. The van der Waals surface area contributed by atoms with E-state index in [2.05, 4.69) is 83.1 Å². The van der Waals surface area contributed by atoms with E-state index in [-0.39, 0.29) is 48.9 Å². The Bertz CT molecular complexity index is 759. The van der Waals surface area contributed by atoms with Gasteiger partial charge in [0.05, 0.1) is 0 Å². The van der Waals surface area contributed by atoms with E-state index in [0.717, 1.165) is 0 Å². The van der Waals surface area contributed by atoms with E-state index >= 15 is 0 Å². The molecule has 0 radical (unpaired) electrons. The van der Waals surface area contributed by atoms with Crippen LogP contribution in [0.4, 0.5) is 0 Å². The van der Waals surface area contributed by atoms with Crippen molar-refractivity contribution in [2.24, 2.45) is 21.7 Å². The highest BCUT2D eigenvalue weighted by molar-refractivity contribution is 8.81. The molecule has 7 atom stereocenters. The monoisotopic (exact) mass is 447 g/mol. The van der Waals surface area contributed by atoms with Gasteiger partial charge in [-0.3, -0.25) is 0 Å². The zero-order valence-electron chi connectivity index (χ0n) is 18.6. The van der Waals surface area contributed by atoms with Gasteiger partial charge in [0, 0.05) is 20.9 Å². The van der Waals surface area contributed by atoms with Crippen LogP contribution in [0.3, 0.4) is 0 Å². The lowest BCUT2D eigenvalue weighted by atomic mass is 9.78. The molecule has 0 aliphatic carbocycles. The Morgan fingerprint density at radius 2 is 1.31 bits per heavy atom. The lowest BCUT2D eigenvalue weighted by Gasteiger charge is -2.47. The molecule has 146 valence electrons. The third-order valence-electron chi connectivity index (χ3n) is 6.85. The van der Waals surface area contributed by atoms with E-state index in [1.165, 1.54) is 0 Å². The Morgan fingerprint density at radius 3 is 1.62 bits per heavy atom. The molecule has 4 fully saturated rings. The minimum Gasteiger partial charge on any atom is -0.0814 e. The first kappa shape index (κ1) is 20.8. The van der Waals surface area contributed by atoms with Crippen molar-refractivity contribution in [3.05, 3.63) is 0 Å². The molecule has 5 unspecified atom stereocenters. The van der Waals surface area contributed by atoms with Crippen molar-refractivity contribution in [1.82, 2.24) is 0 Å². The van der Waals surface area contributed by atoms with Gasteiger partial charge in [0.25, 0.3) is 0 Å². The third kappa shape index (κ3) is 1.72. The smallest absolute Gasteiger partial charge is 0.0814 e. The fourth-order valence-electron chi connectivity index (χ4n) is 6.08. The number of hydrogen-bond acceptors (Lipinski definition) is 1. The predicted octanol–water partition coefficient (Wildman–Crippen LogP) is 9.45. The van der Waals surface area contributed by atoms with Crippen LogP contribution in [0.15, 0.2) is 0 Å². The molecule has 0 aromatic rings. The summed E-state index contributed by atoms with van der Waals surface area (Å²) < 4.78 is 14.8. The zero-order valence-corrected chi connectivity index (χ0v) is 23.1. The van der Waals surface area contributed by atoms with Crippen LogP contribution in [-0.4, -0.2) is 19.5 Å². The first-order valence-electron chi connectivity index (χ1n) is 9.85. The average molecular weight is 447 g/mol. The maximum absolute atomic E-state index is 14.4. The molecule has 4 saturated heterocycles. The van der Waals surface area contributed by atoms with Crippen LogP contribution in [0.5, 0.6) is 0 Å². The number of hydrogen-bond donors (Lipinski definition) is 0. The molecular weight excluding hydrogens is 411 g/mol. The van der Waals surface area contributed by atoms with Crippen LogP contribution in [0.2, 0.25) is 0 Å². The lowest BCUT2D eigenvalue weighted by Crippen LogP contribution is -2.52. The Balaban J connectivity index is 2.15. The van der Waals surface area contributed by atoms with Crippen LogP contribution >= 0.6 is 38.5 Å². The van der Waals surface area contributed by atoms with Crippen molar-refractivity contribution in [3.63, 3.8) is 0 Å². The van der Waals surface area contributed by atoms with Crippen LogP contribution in [0.1, 0.15) is 83.1 Å². The van der Waals surface area contributed by atoms with Crippen LogP contribution in [0.25, 0.3) is 0 Å². The van der Waals surface area contributed by atoms with E-state index in [9.17, 15) is 4.57 Å². The second-order valence-corrected chi connectivity index (χ2v) is 28.6. The van der Waals surface area contributed by atoms with Gasteiger partial charge in [0.15, 0.2) is 0 Å². The number of rotatable bonds is 0. The summed E-state index contributed by atoms with van der Waals surface area (Å²) in [5.41, 5.74) is 0.890. The molecule has 0 amide bonds. The van der Waals surface area contributed by atoms with Crippen molar-refractivity contribution in [3.8, 4) is 0 Å². The second-order valence-electron chi connectivity index (χ2n) is 12.6. The highest BCUT2D eigenvalue weighted by atomic mass is 32.5. The van der Waals surface area contributed by atoms with Gasteiger partial charge < -0.3 is 0 Å².